The molecule has 145 heavy (non-hydrogen) atoms. The van der Waals surface area contributed by atoms with Crippen LogP contribution in [0.4, 0.5) is 5.69 Å². The maximum Gasteiger partial charge on any atom is 0.243 e. The van der Waals surface area contributed by atoms with Crippen LogP contribution in [0.15, 0.2) is 41.3 Å². The Kier molecular flexibility index (Phi) is 64.9. The topological polar surface area (TPSA) is 708 Å². The Morgan fingerprint density at radius 3 is 0.593 bits per heavy atom. The van der Waals surface area contributed by atoms with Gasteiger partial charge in [0.2, 0.25) is 98.6 Å². The summed E-state index contributed by atoms with van der Waals surface area (Å²) in [7, 11) is -0.727. The first-order valence-electron chi connectivity index (χ1n) is 52.9. The molecule has 43 heteroatoms. The number of nitrogens with one attached hydrogen (secondary N) is 15. The smallest absolute Gasteiger partial charge is 0.243 e. The van der Waals surface area contributed by atoms with Crippen LogP contribution in [-0.2, 0) is 81.9 Å². The lowest BCUT2D eigenvalue weighted by atomic mass is 9.98. The Balaban J connectivity index is 2.62. The molecule has 15 amide bonds. The Morgan fingerprint density at radius 2 is 0.400 bits per heavy atom. The summed E-state index contributed by atoms with van der Waals surface area (Å²) in [6, 6.07) is -9.20. The molecule has 0 unspecified atom stereocenters. The predicted molar refractivity (Wildman–Crippen MR) is 568 cm³/mol. The number of unbranched alkanes of at least 4 members (excludes halogenated alkanes) is 8. The van der Waals surface area contributed by atoms with Crippen LogP contribution < -0.4 is 136 Å². The molecule has 0 saturated carbocycles. The number of carbonyl (C=O) groups excluding carboxylic acids is 15. The zero-order valence-electron chi connectivity index (χ0n) is 89.7. The summed E-state index contributed by atoms with van der Waals surface area (Å²) >= 11 is 0. The number of nitrogens with zero attached hydrogens (tertiary/aromatic N) is 1. The summed E-state index contributed by atoms with van der Waals surface area (Å²) in [5.41, 5.74) is 53.7. The lowest BCUT2D eigenvalue weighted by molar-refractivity contribution is -0.137. The van der Waals surface area contributed by atoms with E-state index in [4.69, 9.17) is 51.6 Å². The molecule has 0 radical (unpaired) electrons. The maximum absolute atomic E-state index is 15.0. The molecule has 828 valence electrons. The minimum atomic E-state index is -4.40. The van der Waals surface area contributed by atoms with Gasteiger partial charge in [0.1, 0.15) is 90.6 Å². The van der Waals surface area contributed by atoms with Gasteiger partial charge in [-0.05, 0) is 299 Å². The summed E-state index contributed by atoms with van der Waals surface area (Å²) in [4.78, 5) is 221. The summed E-state index contributed by atoms with van der Waals surface area (Å²) in [5.74, 6) is -13.0. The summed E-state index contributed by atoms with van der Waals surface area (Å²) in [6.07, 6.45) is 7.28. The van der Waals surface area contributed by atoms with Crippen molar-refractivity contribution in [1.29, 1.82) is 0 Å². The number of anilines is 1. The Hall–Kier alpha value is -9.86. The summed E-state index contributed by atoms with van der Waals surface area (Å²) < 4.78 is 31.5. The third-order valence-corrected chi connectivity index (χ3v) is 26.2. The van der Waals surface area contributed by atoms with Gasteiger partial charge >= 0.3 is 0 Å². The molecule has 0 aliphatic rings. The number of benzene rings is 2. The van der Waals surface area contributed by atoms with Crippen molar-refractivity contribution in [3.63, 3.8) is 0 Å². The molecule has 2 aromatic carbocycles. The highest BCUT2D eigenvalue weighted by atomic mass is 32.2. The fraction of sp³-hybridized carbons (Fsp3) is 0.755. The van der Waals surface area contributed by atoms with E-state index in [1.165, 1.54) is 6.07 Å². The van der Waals surface area contributed by atoms with Crippen LogP contribution in [0.5, 0.6) is 0 Å². The van der Waals surface area contributed by atoms with Gasteiger partial charge in [0.15, 0.2) is 0 Å². The molecule has 0 bridgehead atoms. The highest BCUT2D eigenvalue weighted by Crippen LogP contribution is 2.31. The lowest BCUT2D eigenvalue weighted by Crippen LogP contribution is -2.61. The van der Waals surface area contributed by atoms with Gasteiger partial charge in [0.25, 0.3) is 0 Å². The van der Waals surface area contributed by atoms with Crippen LogP contribution in [0, 0.1) is 41.4 Å². The lowest BCUT2D eigenvalue weighted by Gasteiger charge is -2.30. The van der Waals surface area contributed by atoms with Crippen LogP contribution in [0.25, 0.3) is 10.8 Å². The van der Waals surface area contributed by atoms with Crippen molar-refractivity contribution in [1.82, 2.24) is 79.2 Å². The van der Waals surface area contributed by atoms with Gasteiger partial charge in [-0.2, -0.15) is 4.72 Å². The number of amides is 15. The second kappa shape index (κ2) is 71.7. The van der Waals surface area contributed by atoms with Crippen molar-refractivity contribution >= 4 is 115 Å². The molecular weight excluding hydrogens is 1880 g/mol. The summed E-state index contributed by atoms with van der Waals surface area (Å²) in [6.45, 7) is 27.6. The van der Waals surface area contributed by atoms with E-state index in [-0.39, 0.29) is 188 Å². The Bertz CT molecular complexity index is 4370. The Morgan fingerprint density at radius 1 is 0.234 bits per heavy atom. The standard InChI is InChI=1S/C102H187N25O17S/c1-62(2)55-79(96(136)112-71(88(111)128)37-17-25-47-103)119-89(129)72(38-18-26-48-104)113-97(137)80(56-63(3)4)120-90(130)73(39-19-27-49-105)114-98(138)81(57-64(5)6)121-91(131)74(40-20-28-50-106)115-99(139)82(58-65(7)8)122-92(132)75(41-21-29-51-107)116-100(140)83(59-66(9)10)123-93(133)76(42-22-30-52-108)117-101(141)84(60-67(11)12)124-94(134)77(43-23-31-53-109)118-102(142)85(61-68(13)14)125-95(135)78(44-24-32-54-110)126-145(143,144)87-46-34-35-69-70(87)36-33-45-86(69)127(15)16/h33-36,45-46,62-68,71-85,126H,17-32,37-44,47-61,103-110H2,1-16H3,(H2,111,128)(H,112,136)(H,113,137)(H,114,138)(H,115,139)(H,116,140)(H,117,141)(H,118,142)(H,119,129)(H,120,130)(H,121,131)(H,122,132)(H,123,133)(H,124,134)(H,125,135)/t71-,72-,73-,74-,75-,76-,77-,78-,79-,80-,81-,82-,83-,84-,85-/m0/s1. The van der Waals surface area contributed by atoms with Crippen LogP contribution in [-0.4, -0.2) is 254 Å². The SMILES string of the molecule is CC(C)C[C@H](NC(=O)[C@H](CCCCN)NC(=O)[C@H](CC(C)C)NC(=O)[C@H](CCCCN)NC(=O)[C@H](CC(C)C)NC(=O)[C@H](CCCCN)NC(=O)[C@H](CC(C)C)NC(=O)[C@H](CCCCN)NC(=O)[C@H](CC(C)C)NC(=O)[C@H](CCCCN)NC(=O)[C@H](CC(C)C)NC(=O)[C@H](CCCCN)NC(=O)[C@H](CC(C)C)NC(=O)[C@H](CCCCN)NS(=O)(=O)c1cccc2c(N(C)C)cccc12)C(=O)N[C@@H](CCCCN)C(N)=O. The third-order valence-electron chi connectivity index (χ3n) is 24.7. The highest BCUT2D eigenvalue weighted by molar-refractivity contribution is 7.89. The van der Waals surface area contributed by atoms with Gasteiger partial charge in [0.05, 0.1) is 4.90 Å². The van der Waals surface area contributed by atoms with Gasteiger partial charge in [-0.15, -0.1) is 0 Å². The van der Waals surface area contributed by atoms with Gasteiger partial charge in [-0.3, -0.25) is 71.9 Å². The number of rotatable bonds is 79. The van der Waals surface area contributed by atoms with Gasteiger partial charge in [-0.1, -0.05) is 128 Å². The van der Waals surface area contributed by atoms with E-state index in [9.17, 15) is 61.2 Å². The molecule has 2 aromatic rings. The second-order valence-corrected chi connectivity index (χ2v) is 43.3. The quantitative estimate of drug-likeness (QED) is 0.0422. The molecule has 33 N–H and O–H groups in total. The minimum Gasteiger partial charge on any atom is -0.377 e. The van der Waals surface area contributed by atoms with E-state index >= 15 is 19.2 Å². The van der Waals surface area contributed by atoms with Crippen LogP contribution in [0.2, 0.25) is 0 Å². The normalized spacial score (nSPS) is 14.9. The average molecular weight is 2070 g/mol. The van der Waals surface area contributed by atoms with E-state index in [0.29, 0.717) is 120 Å². The summed E-state index contributed by atoms with van der Waals surface area (Å²) in [5, 5.41) is 40.5. The molecule has 0 aliphatic heterocycles. The molecule has 0 spiro atoms. The zero-order chi connectivity index (χ0) is 109. The van der Waals surface area contributed by atoms with Crippen molar-refractivity contribution in [3.05, 3.63) is 36.4 Å². The average Bonchev–Trinajstić information content (AvgIpc) is 0.769. The molecular formula is C102H187N25O17S. The minimum absolute atomic E-state index is 0.00180. The number of sulfonamides is 1. The van der Waals surface area contributed by atoms with Gasteiger partial charge in [0, 0.05) is 30.6 Å². The van der Waals surface area contributed by atoms with Crippen molar-refractivity contribution in [2.24, 2.45) is 93.0 Å². The van der Waals surface area contributed by atoms with Crippen LogP contribution in [0.3, 0.4) is 0 Å². The fourth-order valence-corrected chi connectivity index (χ4v) is 18.4. The predicted octanol–water partition coefficient (Wildman–Crippen LogP) is 2.18. The van der Waals surface area contributed by atoms with Crippen LogP contribution in [0.1, 0.15) is 296 Å². The van der Waals surface area contributed by atoms with Crippen molar-refractivity contribution < 1.29 is 80.3 Å². The molecule has 2 rings (SSSR count). The van der Waals surface area contributed by atoms with Crippen molar-refractivity contribution in [2.45, 2.75) is 392 Å². The first-order valence-corrected chi connectivity index (χ1v) is 54.4. The highest BCUT2D eigenvalue weighted by Gasteiger charge is 2.41. The number of hydrogen-bond acceptors (Lipinski definition) is 26. The molecule has 15 atom stereocenters. The number of fused-ring (bicyclic) bond motifs is 1. The third kappa shape index (κ3) is 51.6. The zero-order valence-corrected chi connectivity index (χ0v) is 90.6. The first kappa shape index (κ1) is 131. The number of primary amides is 1. The van der Waals surface area contributed by atoms with E-state index in [1.807, 2.05) is 122 Å². The molecule has 0 fully saturated rings. The molecule has 0 heterocycles. The maximum atomic E-state index is 15.0. The number of nitrogens with two attached hydrogens (primary N) is 9. The monoisotopic (exact) mass is 2070 g/mol. The number of hydrogen-bond donors (Lipinski definition) is 24. The molecule has 0 saturated heterocycles. The van der Waals surface area contributed by atoms with Crippen LogP contribution >= 0.6 is 0 Å². The van der Waals surface area contributed by atoms with Gasteiger partial charge in [-0.25, -0.2) is 8.42 Å². The van der Waals surface area contributed by atoms with Gasteiger partial charge < -0.3 is 131 Å². The molecule has 0 aromatic heterocycles. The van der Waals surface area contributed by atoms with E-state index in [0.717, 1.165) is 5.69 Å². The van der Waals surface area contributed by atoms with E-state index in [1.54, 1.807) is 24.3 Å². The largest absolute Gasteiger partial charge is 0.377 e. The fourth-order valence-electron chi connectivity index (χ4n) is 17.0. The van der Waals surface area contributed by atoms with Crippen molar-refractivity contribution in [3.8, 4) is 0 Å². The van der Waals surface area contributed by atoms with E-state index in [2.05, 4.69) is 79.2 Å². The molecule has 0 aliphatic carbocycles. The van der Waals surface area contributed by atoms with E-state index < -0.39 is 189 Å². The first-order chi connectivity index (χ1) is 68.6. The second-order valence-electron chi connectivity index (χ2n) is 41.6. The van der Waals surface area contributed by atoms with Crippen molar-refractivity contribution in [2.75, 3.05) is 71.4 Å². The Labute approximate surface area is 862 Å². The number of carbonyl (C=O) groups is 15. The molecule has 42 nitrogen and oxygen atoms in total.